The van der Waals surface area contributed by atoms with Crippen LogP contribution in [0.15, 0.2) is 35.9 Å². The third-order valence-electron chi connectivity index (χ3n) is 6.43. The predicted octanol–water partition coefficient (Wildman–Crippen LogP) is 5.38. The minimum absolute atomic E-state index is 0.0397. The van der Waals surface area contributed by atoms with Crippen molar-refractivity contribution in [3.8, 4) is 17.2 Å². The van der Waals surface area contributed by atoms with E-state index in [0.29, 0.717) is 11.3 Å². The lowest BCUT2D eigenvalue weighted by Crippen LogP contribution is -2.37. The molecule has 34 heavy (non-hydrogen) atoms. The molecule has 2 aliphatic rings. The van der Waals surface area contributed by atoms with Crippen LogP contribution in [0.5, 0.6) is 17.2 Å². The first-order valence-electron chi connectivity index (χ1n) is 10.9. The second kappa shape index (κ2) is 9.76. The zero-order chi connectivity index (χ0) is 24.6. The van der Waals surface area contributed by atoms with Gasteiger partial charge in [0.05, 0.1) is 43.5 Å². The lowest BCUT2D eigenvalue weighted by molar-refractivity contribution is -0.141. The van der Waals surface area contributed by atoms with Crippen LogP contribution in [0.2, 0.25) is 10.0 Å². The quantitative estimate of drug-likeness (QED) is 0.322. The molecule has 1 heterocycles. The summed E-state index contributed by atoms with van der Waals surface area (Å²) in [5, 5.41) is 11.6. The second-order valence-electron chi connectivity index (χ2n) is 8.17. The number of hydrogen-bond donors (Lipinski definition) is 1. The van der Waals surface area contributed by atoms with E-state index in [0.717, 1.165) is 25.7 Å². The fraction of sp³-hybridized carbons (Fsp3) is 0.360. The molecule has 180 valence electrons. The summed E-state index contributed by atoms with van der Waals surface area (Å²) in [6, 6.07) is 7.58. The average Bonchev–Trinajstić information content (AvgIpc) is 3.45. The largest absolute Gasteiger partial charge is 0.507 e. The third-order valence-corrected chi connectivity index (χ3v) is 7.05. The molecular weight excluding hydrogens is 481 g/mol. The van der Waals surface area contributed by atoms with Crippen LogP contribution in [0.3, 0.4) is 0 Å². The summed E-state index contributed by atoms with van der Waals surface area (Å²) in [7, 11) is 4.30. The molecule has 2 fully saturated rings. The molecule has 1 unspecified atom stereocenters. The van der Waals surface area contributed by atoms with Gasteiger partial charge in [0, 0.05) is 11.6 Å². The van der Waals surface area contributed by atoms with Crippen molar-refractivity contribution in [1.82, 2.24) is 4.90 Å². The molecular formula is C25H25Cl2NO6. The van der Waals surface area contributed by atoms with E-state index in [1.807, 2.05) is 0 Å². The molecule has 4 rings (SSSR count). The van der Waals surface area contributed by atoms with Crippen LogP contribution in [0.1, 0.15) is 42.9 Å². The number of carbonyl (C=O) groups is 2. The minimum atomic E-state index is -0.844. The fourth-order valence-electron chi connectivity index (χ4n) is 4.90. The molecule has 9 heteroatoms. The number of hydrogen-bond acceptors (Lipinski definition) is 6. The molecule has 1 N–H and O–H groups in total. The van der Waals surface area contributed by atoms with Gasteiger partial charge in [0.25, 0.3) is 11.7 Å². The van der Waals surface area contributed by atoms with Crippen molar-refractivity contribution < 1.29 is 28.9 Å². The van der Waals surface area contributed by atoms with Gasteiger partial charge in [0.1, 0.15) is 16.5 Å². The first kappa shape index (κ1) is 24.2. The number of aliphatic hydroxyl groups is 1. The molecule has 1 aliphatic heterocycles. The highest BCUT2D eigenvalue weighted by molar-refractivity contribution is 6.47. The van der Waals surface area contributed by atoms with E-state index >= 15 is 0 Å². The number of benzene rings is 2. The van der Waals surface area contributed by atoms with Crippen LogP contribution in [0.4, 0.5) is 0 Å². The van der Waals surface area contributed by atoms with Crippen molar-refractivity contribution in [3.63, 3.8) is 0 Å². The normalized spacial score (nSPS) is 20.1. The number of nitrogens with zero attached hydrogens (tertiary/aromatic N) is 1. The van der Waals surface area contributed by atoms with Crippen molar-refractivity contribution in [2.24, 2.45) is 0 Å². The van der Waals surface area contributed by atoms with Crippen LogP contribution < -0.4 is 14.2 Å². The van der Waals surface area contributed by atoms with Gasteiger partial charge in [-0.3, -0.25) is 9.59 Å². The number of carbonyl (C=O) groups excluding carboxylic acids is 2. The summed E-state index contributed by atoms with van der Waals surface area (Å²) in [4.78, 5) is 28.3. The number of amides is 1. The molecule has 7 nitrogen and oxygen atoms in total. The second-order valence-corrected chi connectivity index (χ2v) is 8.96. The molecule has 2 aromatic rings. The Morgan fingerprint density at radius 1 is 1.00 bits per heavy atom. The van der Waals surface area contributed by atoms with Gasteiger partial charge in [-0.25, -0.2) is 0 Å². The Balaban J connectivity index is 2.00. The minimum Gasteiger partial charge on any atom is -0.507 e. The van der Waals surface area contributed by atoms with Gasteiger partial charge in [0.2, 0.25) is 0 Å². The van der Waals surface area contributed by atoms with E-state index in [-0.39, 0.29) is 38.7 Å². The van der Waals surface area contributed by atoms with Crippen molar-refractivity contribution in [3.05, 3.63) is 57.1 Å². The van der Waals surface area contributed by atoms with Gasteiger partial charge >= 0.3 is 0 Å². The van der Waals surface area contributed by atoms with E-state index in [1.165, 1.54) is 27.4 Å². The molecule has 0 bridgehead atoms. The van der Waals surface area contributed by atoms with Gasteiger partial charge in [0.15, 0.2) is 11.5 Å². The Hall–Kier alpha value is -2.90. The highest BCUT2D eigenvalue weighted by Crippen LogP contribution is 2.49. The Labute approximate surface area is 207 Å². The smallest absolute Gasteiger partial charge is 0.295 e. The van der Waals surface area contributed by atoms with Crippen molar-refractivity contribution in [2.45, 2.75) is 37.8 Å². The molecule has 1 atom stereocenters. The third kappa shape index (κ3) is 3.87. The van der Waals surface area contributed by atoms with Gasteiger partial charge in [-0.05, 0) is 25.0 Å². The summed E-state index contributed by atoms with van der Waals surface area (Å²) < 4.78 is 16.2. The van der Waals surface area contributed by atoms with Crippen molar-refractivity contribution in [2.75, 3.05) is 21.3 Å². The lowest BCUT2D eigenvalue weighted by Gasteiger charge is -2.31. The SMILES string of the molecule is COc1ccccc1C1/C(=C(\O)c2cc(Cl)c(OC)c(Cl)c2OC)C(=O)C(=O)N1C1CCCC1. The van der Waals surface area contributed by atoms with Gasteiger partial charge < -0.3 is 24.2 Å². The zero-order valence-corrected chi connectivity index (χ0v) is 20.6. The van der Waals surface area contributed by atoms with Crippen LogP contribution in [-0.2, 0) is 9.59 Å². The highest BCUT2D eigenvalue weighted by Gasteiger charge is 2.50. The number of aliphatic hydroxyl groups excluding tert-OH is 1. The molecule has 1 amide bonds. The summed E-state index contributed by atoms with van der Waals surface area (Å²) in [5.74, 6) is -1.13. The van der Waals surface area contributed by atoms with E-state index in [4.69, 9.17) is 37.4 Å². The molecule has 0 aromatic heterocycles. The number of para-hydroxylation sites is 1. The Morgan fingerprint density at radius 3 is 2.26 bits per heavy atom. The summed E-state index contributed by atoms with van der Waals surface area (Å²) in [5.41, 5.74) is 0.613. The highest BCUT2D eigenvalue weighted by atomic mass is 35.5. The average molecular weight is 506 g/mol. The number of halogens is 2. The van der Waals surface area contributed by atoms with Crippen LogP contribution in [-0.4, -0.2) is 49.1 Å². The van der Waals surface area contributed by atoms with Gasteiger partial charge in [-0.1, -0.05) is 54.2 Å². The number of ketones is 1. The van der Waals surface area contributed by atoms with Gasteiger partial charge in [-0.15, -0.1) is 0 Å². The predicted molar refractivity (Wildman–Crippen MR) is 129 cm³/mol. The van der Waals surface area contributed by atoms with E-state index < -0.39 is 23.5 Å². The summed E-state index contributed by atoms with van der Waals surface area (Å²) >= 11 is 12.8. The Kier molecular flexibility index (Phi) is 6.96. The molecule has 1 saturated heterocycles. The number of ether oxygens (including phenoxy) is 3. The topological polar surface area (TPSA) is 85.3 Å². The maximum Gasteiger partial charge on any atom is 0.295 e. The number of Topliss-reactive ketones (excluding diaryl/α,β-unsaturated/α-hetero) is 1. The molecule has 1 aliphatic carbocycles. The molecule has 1 saturated carbocycles. The van der Waals surface area contributed by atoms with E-state index in [2.05, 4.69) is 0 Å². The summed E-state index contributed by atoms with van der Waals surface area (Å²) in [6.07, 6.45) is 3.48. The van der Waals surface area contributed by atoms with E-state index in [9.17, 15) is 14.7 Å². The molecule has 2 aromatic carbocycles. The standard InChI is InChI=1S/C25H25Cl2NO6/c1-32-17-11-7-6-10-14(17)20-18(22(30)25(31)28(20)13-8-4-5-9-13)21(29)15-12-16(26)24(34-3)19(27)23(15)33-2/h6-7,10-13,20,29H,4-5,8-9H2,1-3H3/b21-18+. The monoisotopic (exact) mass is 505 g/mol. The van der Waals surface area contributed by atoms with Crippen LogP contribution in [0.25, 0.3) is 5.76 Å². The fourth-order valence-corrected chi connectivity index (χ4v) is 5.59. The van der Waals surface area contributed by atoms with Crippen LogP contribution >= 0.6 is 23.2 Å². The first-order chi connectivity index (χ1) is 16.3. The lowest BCUT2D eigenvalue weighted by atomic mass is 9.93. The maximum atomic E-state index is 13.4. The summed E-state index contributed by atoms with van der Waals surface area (Å²) in [6.45, 7) is 0. The number of likely N-dealkylation sites (tertiary alicyclic amines) is 1. The van der Waals surface area contributed by atoms with E-state index in [1.54, 1.807) is 29.2 Å². The Bertz CT molecular complexity index is 1170. The zero-order valence-electron chi connectivity index (χ0n) is 19.1. The number of methoxy groups -OCH3 is 3. The van der Waals surface area contributed by atoms with Crippen molar-refractivity contribution in [1.29, 1.82) is 0 Å². The first-order valence-corrected chi connectivity index (χ1v) is 11.6. The number of rotatable bonds is 6. The molecule has 0 radical (unpaired) electrons. The Morgan fingerprint density at radius 2 is 1.65 bits per heavy atom. The van der Waals surface area contributed by atoms with Crippen LogP contribution in [0, 0.1) is 0 Å². The van der Waals surface area contributed by atoms with Crippen molar-refractivity contribution >= 4 is 40.7 Å². The molecule has 0 spiro atoms. The maximum absolute atomic E-state index is 13.4. The van der Waals surface area contributed by atoms with Gasteiger partial charge in [-0.2, -0.15) is 0 Å².